The van der Waals surface area contributed by atoms with Gasteiger partial charge in [0.1, 0.15) is 6.61 Å². The van der Waals surface area contributed by atoms with Crippen LogP contribution >= 0.6 is 0 Å². The normalized spacial score (nSPS) is 12.1. The SMILES string of the molecule is C=CC(=O)OCC(CCCC)NCCCCCCCC. The largest absolute Gasteiger partial charge is 0.461 e. The van der Waals surface area contributed by atoms with E-state index in [1.807, 2.05) is 0 Å². The first-order valence-corrected chi connectivity index (χ1v) is 8.27. The van der Waals surface area contributed by atoms with Crippen LogP contribution in [0.3, 0.4) is 0 Å². The van der Waals surface area contributed by atoms with Crippen LogP contribution in [-0.4, -0.2) is 25.2 Å². The zero-order valence-corrected chi connectivity index (χ0v) is 13.5. The summed E-state index contributed by atoms with van der Waals surface area (Å²) in [7, 11) is 0. The minimum Gasteiger partial charge on any atom is -0.461 e. The molecule has 0 amide bonds. The summed E-state index contributed by atoms with van der Waals surface area (Å²) in [4.78, 5) is 11.1. The van der Waals surface area contributed by atoms with Crippen LogP contribution in [0.2, 0.25) is 0 Å². The highest BCUT2D eigenvalue weighted by atomic mass is 16.5. The summed E-state index contributed by atoms with van der Waals surface area (Å²) in [5.74, 6) is -0.326. The Labute approximate surface area is 125 Å². The van der Waals surface area contributed by atoms with Crippen molar-refractivity contribution in [3.63, 3.8) is 0 Å². The lowest BCUT2D eigenvalue weighted by atomic mass is 10.1. The maximum atomic E-state index is 11.1. The van der Waals surface area contributed by atoms with E-state index in [0.717, 1.165) is 13.0 Å². The third-order valence-electron chi connectivity index (χ3n) is 3.46. The van der Waals surface area contributed by atoms with Crippen molar-refractivity contribution in [1.29, 1.82) is 0 Å². The Balaban J connectivity index is 3.68. The van der Waals surface area contributed by atoms with Gasteiger partial charge in [-0.1, -0.05) is 65.4 Å². The van der Waals surface area contributed by atoms with Crippen LogP contribution in [0.5, 0.6) is 0 Å². The minimum atomic E-state index is -0.326. The molecular formula is C17H33NO2. The van der Waals surface area contributed by atoms with Gasteiger partial charge in [0, 0.05) is 12.1 Å². The number of ether oxygens (including phenoxy) is 1. The highest BCUT2D eigenvalue weighted by molar-refractivity contribution is 5.81. The molecule has 0 heterocycles. The van der Waals surface area contributed by atoms with Crippen molar-refractivity contribution in [1.82, 2.24) is 5.32 Å². The minimum absolute atomic E-state index is 0.287. The van der Waals surface area contributed by atoms with Gasteiger partial charge >= 0.3 is 5.97 Å². The van der Waals surface area contributed by atoms with Crippen molar-refractivity contribution >= 4 is 5.97 Å². The molecule has 0 saturated carbocycles. The van der Waals surface area contributed by atoms with Crippen LogP contribution in [0.15, 0.2) is 12.7 Å². The standard InChI is InChI=1S/C17H33NO2/c1-4-7-9-10-11-12-14-18-16(13-8-5-2)15-20-17(19)6-3/h6,16,18H,3-5,7-15H2,1-2H3. The Bertz CT molecular complexity index is 241. The highest BCUT2D eigenvalue weighted by Gasteiger charge is 2.09. The number of hydrogen-bond donors (Lipinski definition) is 1. The van der Waals surface area contributed by atoms with Crippen molar-refractivity contribution in [2.75, 3.05) is 13.2 Å². The molecule has 0 bridgehead atoms. The molecule has 0 fully saturated rings. The van der Waals surface area contributed by atoms with Gasteiger partial charge in [-0.15, -0.1) is 0 Å². The molecule has 0 aliphatic carbocycles. The number of unbranched alkanes of at least 4 members (excludes halogenated alkanes) is 6. The molecule has 0 spiro atoms. The van der Waals surface area contributed by atoms with E-state index in [1.54, 1.807) is 0 Å². The molecule has 1 unspecified atom stereocenters. The molecule has 3 nitrogen and oxygen atoms in total. The summed E-state index contributed by atoms with van der Waals surface area (Å²) >= 11 is 0. The van der Waals surface area contributed by atoms with Crippen LogP contribution in [0.25, 0.3) is 0 Å². The summed E-state index contributed by atoms with van der Waals surface area (Å²) < 4.78 is 5.14. The zero-order chi connectivity index (χ0) is 15.1. The van der Waals surface area contributed by atoms with Gasteiger partial charge in [-0.05, 0) is 19.4 Å². The Morgan fingerprint density at radius 1 is 1.10 bits per heavy atom. The van der Waals surface area contributed by atoms with E-state index in [4.69, 9.17) is 4.74 Å². The summed E-state index contributed by atoms with van der Waals surface area (Å²) in [6.45, 7) is 9.32. The van der Waals surface area contributed by atoms with Crippen LogP contribution < -0.4 is 5.32 Å². The molecule has 0 radical (unpaired) electrons. The smallest absolute Gasteiger partial charge is 0.330 e. The molecule has 0 aromatic heterocycles. The van der Waals surface area contributed by atoms with Crippen LogP contribution in [0, 0.1) is 0 Å². The second kappa shape index (κ2) is 14.6. The third-order valence-corrected chi connectivity index (χ3v) is 3.46. The predicted octanol–water partition coefficient (Wildman–Crippen LogP) is 4.22. The molecule has 118 valence electrons. The number of nitrogens with one attached hydrogen (secondary N) is 1. The van der Waals surface area contributed by atoms with Crippen molar-refractivity contribution in [2.24, 2.45) is 0 Å². The van der Waals surface area contributed by atoms with E-state index in [9.17, 15) is 4.79 Å². The average molecular weight is 283 g/mol. The molecule has 0 saturated heterocycles. The van der Waals surface area contributed by atoms with Gasteiger partial charge < -0.3 is 10.1 Å². The lowest BCUT2D eigenvalue weighted by Crippen LogP contribution is -2.34. The molecule has 0 rings (SSSR count). The molecular weight excluding hydrogens is 250 g/mol. The first-order chi connectivity index (χ1) is 9.74. The summed E-state index contributed by atoms with van der Waals surface area (Å²) in [6, 6.07) is 0.287. The van der Waals surface area contributed by atoms with Crippen molar-refractivity contribution < 1.29 is 9.53 Å². The lowest BCUT2D eigenvalue weighted by Gasteiger charge is -2.18. The first kappa shape index (κ1) is 19.2. The third kappa shape index (κ3) is 12.2. The van der Waals surface area contributed by atoms with E-state index >= 15 is 0 Å². The van der Waals surface area contributed by atoms with E-state index in [-0.39, 0.29) is 12.0 Å². The fraction of sp³-hybridized carbons (Fsp3) is 0.824. The number of hydrogen-bond acceptors (Lipinski definition) is 3. The first-order valence-electron chi connectivity index (χ1n) is 8.27. The number of rotatable bonds is 14. The Kier molecular flexibility index (Phi) is 14.0. The van der Waals surface area contributed by atoms with E-state index in [0.29, 0.717) is 6.61 Å². The van der Waals surface area contributed by atoms with Gasteiger partial charge in [-0.25, -0.2) is 4.79 Å². The lowest BCUT2D eigenvalue weighted by molar-refractivity contribution is -0.138. The van der Waals surface area contributed by atoms with E-state index in [1.165, 1.54) is 57.4 Å². The second-order valence-electron chi connectivity index (χ2n) is 5.40. The Morgan fingerprint density at radius 2 is 1.75 bits per heavy atom. The van der Waals surface area contributed by atoms with Gasteiger partial charge in [0.25, 0.3) is 0 Å². The molecule has 20 heavy (non-hydrogen) atoms. The Morgan fingerprint density at radius 3 is 2.40 bits per heavy atom. The van der Waals surface area contributed by atoms with Gasteiger partial charge in [0.15, 0.2) is 0 Å². The summed E-state index contributed by atoms with van der Waals surface area (Å²) in [6.07, 6.45) is 12.5. The van der Waals surface area contributed by atoms with Gasteiger partial charge in [0.05, 0.1) is 0 Å². The fourth-order valence-electron chi connectivity index (χ4n) is 2.15. The van der Waals surface area contributed by atoms with Crippen molar-refractivity contribution in [3.8, 4) is 0 Å². The molecule has 0 aliphatic rings. The van der Waals surface area contributed by atoms with Crippen LogP contribution in [0.1, 0.15) is 71.6 Å². The summed E-state index contributed by atoms with van der Waals surface area (Å²) in [5.41, 5.74) is 0. The molecule has 3 heteroatoms. The van der Waals surface area contributed by atoms with Crippen LogP contribution in [0.4, 0.5) is 0 Å². The van der Waals surface area contributed by atoms with Crippen molar-refractivity contribution in [2.45, 2.75) is 77.7 Å². The average Bonchev–Trinajstić information content (AvgIpc) is 2.47. The molecule has 0 aromatic carbocycles. The van der Waals surface area contributed by atoms with E-state index in [2.05, 4.69) is 25.7 Å². The quantitative estimate of drug-likeness (QED) is 0.294. The molecule has 0 aliphatic heterocycles. The number of esters is 1. The van der Waals surface area contributed by atoms with Crippen molar-refractivity contribution in [3.05, 3.63) is 12.7 Å². The highest BCUT2D eigenvalue weighted by Crippen LogP contribution is 2.06. The Hall–Kier alpha value is -0.830. The maximum absolute atomic E-state index is 11.1. The number of carbonyl (C=O) groups is 1. The van der Waals surface area contributed by atoms with E-state index < -0.39 is 0 Å². The predicted molar refractivity (Wildman–Crippen MR) is 85.8 cm³/mol. The fourth-order valence-corrected chi connectivity index (χ4v) is 2.15. The van der Waals surface area contributed by atoms with Gasteiger partial charge in [0.2, 0.25) is 0 Å². The topological polar surface area (TPSA) is 38.3 Å². The second-order valence-corrected chi connectivity index (χ2v) is 5.40. The van der Waals surface area contributed by atoms with Gasteiger partial charge in [-0.2, -0.15) is 0 Å². The number of carbonyl (C=O) groups excluding carboxylic acids is 1. The molecule has 0 aromatic rings. The molecule has 1 N–H and O–H groups in total. The van der Waals surface area contributed by atoms with Crippen LogP contribution in [-0.2, 0) is 9.53 Å². The molecule has 1 atom stereocenters. The zero-order valence-electron chi connectivity index (χ0n) is 13.5. The monoisotopic (exact) mass is 283 g/mol. The summed E-state index contributed by atoms with van der Waals surface area (Å²) in [5, 5.41) is 3.51. The maximum Gasteiger partial charge on any atom is 0.330 e. The van der Waals surface area contributed by atoms with Gasteiger partial charge in [-0.3, -0.25) is 0 Å².